The molecule has 4 aliphatic heterocycles. The van der Waals surface area contributed by atoms with Gasteiger partial charge in [-0.15, -0.1) is 0 Å². The summed E-state index contributed by atoms with van der Waals surface area (Å²) in [5.74, 6) is 0. The molecular weight excluding hydrogens is 445 g/mol. The van der Waals surface area contributed by atoms with E-state index in [4.69, 9.17) is 0 Å². The summed E-state index contributed by atoms with van der Waals surface area (Å²) in [7, 11) is 0. The topological polar surface area (TPSA) is 80.9 Å². The summed E-state index contributed by atoms with van der Waals surface area (Å²) in [6.07, 6.45) is 19.0. The Labute approximate surface area is 194 Å². The summed E-state index contributed by atoms with van der Waals surface area (Å²) in [5, 5.41) is 15.2. The number of aliphatic imine (C=N–C) groups is 2. The molecule has 0 fully saturated rings. The van der Waals surface area contributed by atoms with Crippen LogP contribution in [0.15, 0.2) is 112 Å². The van der Waals surface area contributed by atoms with Gasteiger partial charge in [-0.3, -0.25) is 4.98 Å². The van der Waals surface area contributed by atoms with E-state index >= 15 is 0 Å². The number of allylic oxidation sites excluding steroid dienone is 8. The summed E-state index contributed by atoms with van der Waals surface area (Å²) >= 11 is 0. The van der Waals surface area contributed by atoms with Crippen LogP contribution < -0.4 is 15.8 Å². The van der Waals surface area contributed by atoms with Gasteiger partial charge in [0.2, 0.25) is 0 Å². The number of aromatic nitrogens is 2. The zero-order valence-electron chi connectivity index (χ0n) is 16.7. The standard InChI is InChI=1S/C25H17N5O.Ni/c31-30-22-13-20-8-6-18(28-20)11-16-4-5-17(27-16)12-19-7-9-21(29-19)14-25(30)23(15-22)24-3-1-2-10-26-24;/h1-15,27,30H;. The Kier molecular flexibility index (Phi) is 5.15. The van der Waals surface area contributed by atoms with Gasteiger partial charge in [-0.2, -0.15) is 0 Å². The van der Waals surface area contributed by atoms with E-state index in [9.17, 15) is 5.21 Å². The number of pyridine rings is 1. The molecule has 0 radical (unpaired) electrons. The molecule has 0 aliphatic carbocycles. The molecular formula is C25H17N5NiO. The van der Waals surface area contributed by atoms with Gasteiger partial charge in [-0.05, 0) is 60.7 Å². The molecule has 6 rings (SSSR count). The fourth-order valence-electron chi connectivity index (χ4n) is 3.90. The maximum Gasteiger partial charge on any atom is 0.148 e. The number of hydrogen-bond acceptors (Lipinski definition) is 4. The molecule has 158 valence electrons. The molecule has 0 aromatic carbocycles. The van der Waals surface area contributed by atoms with Gasteiger partial charge in [0, 0.05) is 51.6 Å². The first-order valence-electron chi connectivity index (χ1n) is 9.99. The second-order valence-corrected chi connectivity index (χ2v) is 7.51. The first-order chi connectivity index (χ1) is 15.2. The molecule has 6 nitrogen and oxygen atoms in total. The molecule has 1 atom stereocenters. The van der Waals surface area contributed by atoms with Gasteiger partial charge in [0.25, 0.3) is 0 Å². The smallest absolute Gasteiger partial charge is 0.148 e. The van der Waals surface area contributed by atoms with Crippen LogP contribution in [0.25, 0.3) is 17.7 Å². The van der Waals surface area contributed by atoms with Gasteiger partial charge in [-0.25, -0.2) is 9.98 Å². The van der Waals surface area contributed by atoms with Crippen molar-refractivity contribution in [1.82, 2.24) is 9.97 Å². The molecule has 2 aromatic rings. The van der Waals surface area contributed by atoms with Gasteiger partial charge >= 0.3 is 0 Å². The van der Waals surface area contributed by atoms with Crippen LogP contribution in [-0.2, 0) is 16.5 Å². The van der Waals surface area contributed by atoms with E-state index in [2.05, 4.69) is 20.0 Å². The number of aromatic amines is 1. The number of hydroxylamine groups is 2. The van der Waals surface area contributed by atoms with Gasteiger partial charge in [-0.1, -0.05) is 6.07 Å². The van der Waals surface area contributed by atoms with E-state index in [-0.39, 0.29) is 21.6 Å². The van der Waals surface area contributed by atoms with Crippen LogP contribution in [-0.4, -0.2) is 21.4 Å². The molecule has 0 amide bonds. The van der Waals surface area contributed by atoms with Gasteiger partial charge < -0.3 is 15.3 Å². The van der Waals surface area contributed by atoms with Crippen LogP contribution in [0.2, 0.25) is 0 Å². The molecule has 2 N–H and O–H groups in total. The molecule has 1 unspecified atom stereocenters. The Hall–Kier alpha value is -3.64. The van der Waals surface area contributed by atoms with Crippen LogP contribution in [0.4, 0.5) is 0 Å². The number of hydrogen-bond donors (Lipinski definition) is 2. The Morgan fingerprint density at radius 1 is 0.750 bits per heavy atom. The zero-order chi connectivity index (χ0) is 20.8. The minimum atomic E-state index is -0.0537. The number of nitrogens with one attached hydrogen (secondary N) is 2. The summed E-state index contributed by atoms with van der Waals surface area (Å²) in [6.45, 7) is 0. The van der Waals surface area contributed by atoms with Crippen LogP contribution >= 0.6 is 0 Å². The number of quaternary nitrogens is 1. The van der Waals surface area contributed by atoms with E-state index in [0.29, 0.717) is 11.4 Å². The summed E-state index contributed by atoms with van der Waals surface area (Å²) < 4.78 is 0. The number of rotatable bonds is 1. The quantitative estimate of drug-likeness (QED) is 0.498. The Morgan fingerprint density at radius 2 is 1.44 bits per heavy atom. The third-order valence-corrected chi connectivity index (χ3v) is 5.34. The Balaban J connectivity index is 0.00000216. The fraction of sp³-hybridized carbons (Fsp3) is 0. The Bertz CT molecular complexity index is 1480. The van der Waals surface area contributed by atoms with Crippen LogP contribution in [0.1, 0.15) is 5.69 Å². The molecule has 0 spiro atoms. The van der Waals surface area contributed by atoms with E-state index < -0.39 is 0 Å². The minimum absolute atomic E-state index is 0. The summed E-state index contributed by atoms with van der Waals surface area (Å²) in [6, 6.07) is 9.71. The predicted octanol–water partition coefficient (Wildman–Crippen LogP) is 1.46. The maximum absolute atomic E-state index is 13.3. The van der Waals surface area contributed by atoms with Crippen molar-refractivity contribution in [3.8, 4) is 0 Å². The van der Waals surface area contributed by atoms with Gasteiger partial charge in [0.1, 0.15) is 11.4 Å². The Morgan fingerprint density at radius 3 is 2.09 bits per heavy atom. The van der Waals surface area contributed by atoms with Crippen LogP contribution in [0.3, 0.4) is 0 Å². The molecule has 6 heterocycles. The van der Waals surface area contributed by atoms with Crippen molar-refractivity contribution in [2.45, 2.75) is 0 Å². The largest absolute Gasteiger partial charge is 0.623 e. The van der Waals surface area contributed by atoms with Crippen molar-refractivity contribution < 1.29 is 21.6 Å². The van der Waals surface area contributed by atoms with Crippen molar-refractivity contribution in [3.63, 3.8) is 0 Å². The maximum atomic E-state index is 13.3. The second kappa shape index (κ2) is 8.13. The van der Waals surface area contributed by atoms with Crippen molar-refractivity contribution in [3.05, 3.63) is 123 Å². The van der Waals surface area contributed by atoms with Crippen molar-refractivity contribution >= 4 is 29.1 Å². The number of H-pyrrole nitrogens is 1. The normalized spacial score (nSPS) is 20.5. The third kappa shape index (κ3) is 3.74. The first kappa shape index (κ1) is 20.3. The molecule has 0 saturated carbocycles. The average Bonchev–Trinajstić information content (AvgIpc) is 3.56. The molecule has 4 aliphatic rings. The van der Waals surface area contributed by atoms with Crippen molar-refractivity contribution in [1.29, 1.82) is 0 Å². The summed E-state index contributed by atoms with van der Waals surface area (Å²) in [4.78, 5) is 17.1. The summed E-state index contributed by atoms with van der Waals surface area (Å²) in [5.41, 5.74) is 5.85. The fourth-order valence-corrected chi connectivity index (χ4v) is 3.90. The van der Waals surface area contributed by atoms with E-state index in [1.54, 1.807) is 6.20 Å². The molecule has 8 bridgehead atoms. The average molecular weight is 462 g/mol. The first-order valence-corrected chi connectivity index (χ1v) is 9.99. The van der Waals surface area contributed by atoms with Crippen LogP contribution in [0, 0.1) is 5.21 Å². The number of nitrogens with zero attached hydrogens (tertiary/aromatic N) is 3. The van der Waals surface area contributed by atoms with E-state index in [1.165, 1.54) is 0 Å². The molecule has 2 aromatic heterocycles. The molecule has 32 heavy (non-hydrogen) atoms. The van der Waals surface area contributed by atoms with Crippen molar-refractivity contribution in [2.75, 3.05) is 0 Å². The minimum Gasteiger partial charge on any atom is -0.623 e. The van der Waals surface area contributed by atoms with E-state index in [0.717, 1.165) is 44.8 Å². The number of fused-ring (bicyclic) bond motifs is 6. The predicted molar refractivity (Wildman–Crippen MR) is 122 cm³/mol. The van der Waals surface area contributed by atoms with Gasteiger partial charge in [0.05, 0.1) is 34.1 Å². The molecule has 7 heteroatoms. The van der Waals surface area contributed by atoms with Crippen LogP contribution in [0.5, 0.6) is 0 Å². The zero-order valence-corrected chi connectivity index (χ0v) is 17.7. The SMILES string of the molecule is [Ni].[O-][NH+]1C2=CC(c3ccccn3)=C1C=C1C=CC(=N1)C=c1ccc([nH]1)=CC1=NC(=C2)C=C1. The van der Waals surface area contributed by atoms with Crippen molar-refractivity contribution in [2.24, 2.45) is 9.98 Å². The van der Waals surface area contributed by atoms with E-state index in [1.807, 2.05) is 85.0 Å². The second-order valence-electron chi connectivity index (χ2n) is 7.51. The monoisotopic (exact) mass is 461 g/mol. The third-order valence-electron chi connectivity index (χ3n) is 5.34. The van der Waals surface area contributed by atoms with Gasteiger partial charge in [0.15, 0.2) is 0 Å². The molecule has 0 saturated heterocycles.